The molecule has 0 radical (unpaired) electrons. The van der Waals surface area contributed by atoms with Crippen molar-refractivity contribution in [2.45, 2.75) is 25.7 Å². The van der Waals surface area contributed by atoms with E-state index >= 15 is 0 Å². The van der Waals surface area contributed by atoms with Gasteiger partial charge in [-0.1, -0.05) is 25.0 Å². The first-order chi connectivity index (χ1) is 13.1. The molecule has 1 aromatic carbocycles. The fourth-order valence-electron chi connectivity index (χ4n) is 4.13. The number of nitrogens with zero attached hydrogens (tertiary/aromatic N) is 2. The minimum Gasteiger partial charge on any atom is -0.495 e. The maximum absolute atomic E-state index is 13.0. The molecule has 2 unspecified atom stereocenters. The molecule has 3 amide bonds. The Morgan fingerprint density at radius 3 is 2.48 bits per heavy atom. The average Bonchev–Trinajstić information content (AvgIpc) is 2.72. The number of carbonyl (C=O) groups is 3. The van der Waals surface area contributed by atoms with Crippen molar-refractivity contribution in [3.05, 3.63) is 24.3 Å². The fraction of sp³-hybridized carbons (Fsp3) is 0.550. The van der Waals surface area contributed by atoms with Crippen LogP contribution in [0.3, 0.4) is 0 Å². The van der Waals surface area contributed by atoms with E-state index in [1.165, 1.54) is 0 Å². The SMILES string of the molecule is CNC(=O)C1CCCCC1C(=O)N1CCN(c2ccccc2OC)C(=O)C1. The molecule has 1 saturated heterocycles. The molecule has 2 fully saturated rings. The third-order valence-electron chi connectivity index (χ3n) is 5.57. The predicted octanol–water partition coefficient (Wildman–Crippen LogP) is 1.42. The number of piperazine rings is 1. The molecule has 1 saturated carbocycles. The summed E-state index contributed by atoms with van der Waals surface area (Å²) >= 11 is 0. The predicted molar refractivity (Wildman–Crippen MR) is 101 cm³/mol. The number of rotatable bonds is 4. The second kappa shape index (κ2) is 8.41. The molecule has 1 aliphatic carbocycles. The van der Waals surface area contributed by atoms with Gasteiger partial charge in [-0.2, -0.15) is 0 Å². The van der Waals surface area contributed by atoms with Crippen molar-refractivity contribution in [2.24, 2.45) is 11.8 Å². The van der Waals surface area contributed by atoms with E-state index in [4.69, 9.17) is 4.74 Å². The van der Waals surface area contributed by atoms with Gasteiger partial charge in [0.05, 0.1) is 12.8 Å². The van der Waals surface area contributed by atoms with Crippen LogP contribution in [0.1, 0.15) is 25.7 Å². The highest BCUT2D eigenvalue weighted by atomic mass is 16.5. The van der Waals surface area contributed by atoms with Crippen LogP contribution in [-0.4, -0.2) is 56.4 Å². The standard InChI is InChI=1S/C20H27N3O4/c1-21-19(25)14-7-3-4-8-15(14)20(26)22-11-12-23(18(24)13-22)16-9-5-6-10-17(16)27-2/h5-6,9-10,14-15H,3-4,7-8,11-13H2,1-2H3,(H,21,25). The number of hydrogen-bond acceptors (Lipinski definition) is 4. The Morgan fingerprint density at radius 2 is 1.81 bits per heavy atom. The van der Waals surface area contributed by atoms with Gasteiger partial charge in [-0.15, -0.1) is 0 Å². The van der Waals surface area contributed by atoms with E-state index in [-0.39, 0.29) is 36.1 Å². The van der Waals surface area contributed by atoms with Gasteiger partial charge in [0.1, 0.15) is 12.3 Å². The van der Waals surface area contributed by atoms with Crippen LogP contribution in [-0.2, 0) is 14.4 Å². The van der Waals surface area contributed by atoms with E-state index in [2.05, 4.69) is 5.32 Å². The molecule has 1 heterocycles. The summed E-state index contributed by atoms with van der Waals surface area (Å²) in [6, 6.07) is 7.38. The first-order valence-electron chi connectivity index (χ1n) is 9.50. The van der Waals surface area contributed by atoms with Gasteiger partial charge in [-0.3, -0.25) is 14.4 Å². The lowest BCUT2D eigenvalue weighted by atomic mass is 9.77. The molecule has 0 spiro atoms. The van der Waals surface area contributed by atoms with Crippen LogP contribution < -0.4 is 15.0 Å². The van der Waals surface area contributed by atoms with Crippen LogP contribution in [0.4, 0.5) is 5.69 Å². The lowest BCUT2D eigenvalue weighted by molar-refractivity contribution is -0.146. The summed E-state index contributed by atoms with van der Waals surface area (Å²) in [7, 11) is 3.18. The van der Waals surface area contributed by atoms with E-state index in [1.54, 1.807) is 24.0 Å². The van der Waals surface area contributed by atoms with Crippen molar-refractivity contribution in [3.8, 4) is 5.75 Å². The Bertz CT molecular complexity index is 721. The summed E-state index contributed by atoms with van der Waals surface area (Å²) in [5, 5.41) is 2.67. The zero-order chi connectivity index (χ0) is 19.4. The fourth-order valence-corrected chi connectivity index (χ4v) is 4.13. The Morgan fingerprint density at radius 1 is 1.11 bits per heavy atom. The van der Waals surface area contributed by atoms with Gasteiger partial charge in [0.15, 0.2) is 0 Å². The second-order valence-electron chi connectivity index (χ2n) is 7.09. The zero-order valence-electron chi connectivity index (χ0n) is 15.9. The van der Waals surface area contributed by atoms with Crippen molar-refractivity contribution in [3.63, 3.8) is 0 Å². The first kappa shape index (κ1) is 19.2. The molecule has 7 nitrogen and oxygen atoms in total. The monoisotopic (exact) mass is 373 g/mol. The summed E-state index contributed by atoms with van der Waals surface area (Å²) in [4.78, 5) is 41.2. The molecule has 2 atom stereocenters. The van der Waals surface area contributed by atoms with Crippen LogP contribution >= 0.6 is 0 Å². The first-order valence-corrected chi connectivity index (χ1v) is 9.50. The number of hydrogen-bond donors (Lipinski definition) is 1. The van der Waals surface area contributed by atoms with Gasteiger partial charge in [0.25, 0.3) is 0 Å². The Hall–Kier alpha value is -2.57. The molecule has 146 valence electrons. The maximum Gasteiger partial charge on any atom is 0.246 e. The highest BCUT2D eigenvalue weighted by molar-refractivity contribution is 5.99. The lowest BCUT2D eigenvalue weighted by Gasteiger charge is -2.38. The normalized spacial score (nSPS) is 23.1. The van der Waals surface area contributed by atoms with Crippen molar-refractivity contribution in [2.75, 3.05) is 38.7 Å². The Labute approximate surface area is 159 Å². The van der Waals surface area contributed by atoms with Gasteiger partial charge in [0.2, 0.25) is 17.7 Å². The van der Waals surface area contributed by atoms with Crippen LogP contribution in [0, 0.1) is 11.8 Å². The number of methoxy groups -OCH3 is 1. The number of benzene rings is 1. The molecule has 0 aromatic heterocycles. The van der Waals surface area contributed by atoms with Crippen molar-refractivity contribution in [1.29, 1.82) is 0 Å². The van der Waals surface area contributed by atoms with E-state index in [9.17, 15) is 14.4 Å². The van der Waals surface area contributed by atoms with Gasteiger partial charge < -0.3 is 19.9 Å². The van der Waals surface area contributed by atoms with Crippen molar-refractivity contribution in [1.82, 2.24) is 10.2 Å². The lowest BCUT2D eigenvalue weighted by Crippen LogP contribution is -2.55. The number of nitrogens with one attached hydrogen (secondary N) is 1. The molecular weight excluding hydrogens is 346 g/mol. The molecular formula is C20H27N3O4. The smallest absolute Gasteiger partial charge is 0.246 e. The van der Waals surface area contributed by atoms with Crippen LogP contribution in [0.2, 0.25) is 0 Å². The summed E-state index contributed by atoms with van der Waals surface area (Å²) in [6.07, 6.45) is 3.34. The number of amides is 3. The number of ether oxygens (including phenoxy) is 1. The van der Waals surface area contributed by atoms with E-state index in [0.717, 1.165) is 24.9 Å². The van der Waals surface area contributed by atoms with Gasteiger partial charge in [0, 0.05) is 32.0 Å². The molecule has 1 N–H and O–H groups in total. The highest BCUT2D eigenvalue weighted by Crippen LogP contribution is 2.33. The quantitative estimate of drug-likeness (QED) is 0.866. The molecule has 27 heavy (non-hydrogen) atoms. The van der Waals surface area contributed by atoms with Crippen molar-refractivity contribution < 1.29 is 19.1 Å². The number of para-hydroxylation sites is 2. The Balaban J connectivity index is 1.71. The summed E-state index contributed by atoms with van der Waals surface area (Å²) in [5.74, 6) is -0.268. The Kier molecular flexibility index (Phi) is 5.98. The summed E-state index contributed by atoms with van der Waals surface area (Å²) in [5.41, 5.74) is 0.720. The van der Waals surface area contributed by atoms with Crippen LogP contribution in [0.25, 0.3) is 0 Å². The van der Waals surface area contributed by atoms with Gasteiger partial charge >= 0.3 is 0 Å². The van der Waals surface area contributed by atoms with Gasteiger partial charge in [-0.25, -0.2) is 0 Å². The minimum atomic E-state index is -0.329. The van der Waals surface area contributed by atoms with Crippen molar-refractivity contribution >= 4 is 23.4 Å². The van der Waals surface area contributed by atoms with E-state index in [1.807, 2.05) is 24.3 Å². The average molecular weight is 373 g/mol. The van der Waals surface area contributed by atoms with Crippen LogP contribution in [0.5, 0.6) is 5.75 Å². The van der Waals surface area contributed by atoms with E-state index in [0.29, 0.717) is 25.3 Å². The highest BCUT2D eigenvalue weighted by Gasteiger charge is 2.39. The molecule has 1 aromatic rings. The molecule has 3 rings (SSSR count). The maximum atomic E-state index is 13.0. The minimum absolute atomic E-state index is 0.0356. The molecule has 1 aliphatic heterocycles. The van der Waals surface area contributed by atoms with Crippen LogP contribution in [0.15, 0.2) is 24.3 Å². The molecule has 0 bridgehead atoms. The zero-order valence-corrected chi connectivity index (χ0v) is 15.9. The summed E-state index contributed by atoms with van der Waals surface area (Å²) < 4.78 is 5.35. The molecule has 7 heteroatoms. The largest absolute Gasteiger partial charge is 0.495 e. The topological polar surface area (TPSA) is 79.0 Å². The third-order valence-corrected chi connectivity index (χ3v) is 5.57. The molecule has 2 aliphatic rings. The summed E-state index contributed by atoms with van der Waals surface area (Å²) in [6.45, 7) is 0.912. The van der Waals surface area contributed by atoms with E-state index < -0.39 is 0 Å². The third kappa shape index (κ3) is 3.91. The number of carbonyl (C=O) groups excluding carboxylic acids is 3. The number of anilines is 1. The van der Waals surface area contributed by atoms with Gasteiger partial charge in [-0.05, 0) is 25.0 Å². The second-order valence-corrected chi connectivity index (χ2v) is 7.09.